The maximum Gasteiger partial charge on any atom is 0.221 e. The summed E-state index contributed by atoms with van der Waals surface area (Å²) in [6.07, 6.45) is 4.73. The van der Waals surface area contributed by atoms with Gasteiger partial charge in [-0.25, -0.2) is 4.57 Å². The number of pyridine rings is 1. The molecule has 0 amide bonds. The zero-order valence-electron chi connectivity index (χ0n) is 26.7. The number of rotatable bonds is 1. The highest BCUT2D eigenvalue weighted by Gasteiger charge is 2.30. The second-order valence-corrected chi connectivity index (χ2v) is 11.5. The quantitative estimate of drug-likeness (QED) is 0.174. The number of aryl methyl sites for hydroxylation is 4. The lowest BCUT2D eigenvalue weighted by molar-refractivity contribution is -0.644. The summed E-state index contributed by atoms with van der Waals surface area (Å²) in [7, 11) is 1.93. The van der Waals surface area contributed by atoms with Crippen molar-refractivity contribution in [3.63, 3.8) is 0 Å². The van der Waals surface area contributed by atoms with Gasteiger partial charge in [0.15, 0.2) is 6.20 Å². The lowest BCUT2D eigenvalue weighted by Crippen LogP contribution is -2.28. The Kier molecular flexibility index (Phi) is 3.25. The summed E-state index contributed by atoms with van der Waals surface area (Å²) in [4.78, 5) is 0.610. The Morgan fingerprint density at radius 1 is 0.939 bits per heavy atom. The van der Waals surface area contributed by atoms with Gasteiger partial charge in [0, 0.05) is 30.6 Å². The SMILES string of the molecule is [2H]C([2H])([2H])c1c(C2([2H])CCC(C)(C)CC2)sc2c1ccc1c3cccc(C)c3c3c(c(C([2H])([2H])[2H])cc[n+]3C)c12. The van der Waals surface area contributed by atoms with E-state index in [4.69, 9.17) is 8.22 Å². The monoisotopic (exact) mass is 459 g/mol. The van der Waals surface area contributed by atoms with Crippen LogP contribution in [0.15, 0.2) is 42.6 Å². The van der Waals surface area contributed by atoms with E-state index in [1.54, 1.807) is 12.3 Å². The molecule has 5 aromatic rings. The third-order valence-corrected chi connectivity index (χ3v) is 9.08. The molecule has 1 aliphatic rings. The molecule has 0 aliphatic heterocycles. The number of aromatic nitrogens is 1. The van der Waals surface area contributed by atoms with Gasteiger partial charge in [0.1, 0.15) is 7.05 Å². The fraction of sp³-hybridized carbons (Fsp3) is 0.387. The molecule has 2 aromatic heterocycles. The first kappa shape index (κ1) is 14.7. The predicted octanol–water partition coefficient (Wildman–Crippen LogP) is 8.79. The fourth-order valence-corrected chi connectivity index (χ4v) is 7.11. The van der Waals surface area contributed by atoms with Gasteiger partial charge in [-0.05, 0) is 90.5 Å². The van der Waals surface area contributed by atoms with Crippen molar-refractivity contribution < 1.29 is 14.2 Å². The smallest absolute Gasteiger partial charge is 0.200 e. The molecule has 0 bridgehead atoms. The van der Waals surface area contributed by atoms with Crippen molar-refractivity contribution >= 4 is 53.9 Å². The standard InChI is InChI=1S/C31H34NS/c1-18-8-7-9-23-24-11-10-22-20(3)29(21-12-15-31(4,5)16-13-21)33-30(22)27(24)26-19(2)14-17-32(6)28(26)25(18)23/h7-11,14,17,21H,12-13,15-16H2,1-6H3/q+1/i2D3,3D3,21D. The second-order valence-electron chi connectivity index (χ2n) is 10.5. The Hall–Kier alpha value is -2.45. The minimum Gasteiger partial charge on any atom is -0.200 e. The van der Waals surface area contributed by atoms with E-state index in [-0.39, 0.29) is 16.5 Å². The van der Waals surface area contributed by atoms with Gasteiger partial charge in [-0.2, -0.15) is 0 Å². The lowest BCUT2D eigenvalue weighted by Gasteiger charge is -2.34. The first-order valence-corrected chi connectivity index (χ1v) is 12.6. The van der Waals surface area contributed by atoms with Crippen molar-refractivity contribution in [2.75, 3.05) is 0 Å². The van der Waals surface area contributed by atoms with Crippen molar-refractivity contribution in [1.82, 2.24) is 0 Å². The molecule has 0 unspecified atom stereocenters. The van der Waals surface area contributed by atoms with Crippen LogP contribution in [-0.4, -0.2) is 0 Å². The van der Waals surface area contributed by atoms with E-state index in [0.29, 0.717) is 28.5 Å². The van der Waals surface area contributed by atoms with E-state index >= 15 is 0 Å². The molecule has 1 nitrogen and oxygen atoms in total. The van der Waals surface area contributed by atoms with Gasteiger partial charge in [0.2, 0.25) is 5.52 Å². The summed E-state index contributed by atoms with van der Waals surface area (Å²) in [5, 5.41) is 4.94. The summed E-state index contributed by atoms with van der Waals surface area (Å²) in [6.45, 7) is 1.70. The summed E-state index contributed by atoms with van der Waals surface area (Å²) >= 11 is 1.40. The van der Waals surface area contributed by atoms with Crippen LogP contribution in [0.2, 0.25) is 0 Å². The molecule has 0 spiro atoms. The number of nitrogens with zero attached hydrogens (tertiary/aromatic N) is 1. The zero-order valence-corrected chi connectivity index (χ0v) is 20.5. The van der Waals surface area contributed by atoms with Crippen molar-refractivity contribution in [2.45, 2.75) is 66.1 Å². The highest BCUT2D eigenvalue weighted by molar-refractivity contribution is 7.20. The van der Waals surface area contributed by atoms with E-state index in [2.05, 4.69) is 19.9 Å². The van der Waals surface area contributed by atoms with Crippen LogP contribution in [0.4, 0.5) is 0 Å². The van der Waals surface area contributed by atoms with Crippen molar-refractivity contribution in [1.29, 1.82) is 0 Å². The average molecular weight is 460 g/mol. The van der Waals surface area contributed by atoms with Gasteiger partial charge in [-0.3, -0.25) is 0 Å². The molecule has 168 valence electrons. The van der Waals surface area contributed by atoms with E-state index in [9.17, 15) is 1.37 Å². The van der Waals surface area contributed by atoms with Crippen LogP contribution >= 0.6 is 11.3 Å². The molecule has 3 aromatic carbocycles. The molecule has 33 heavy (non-hydrogen) atoms. The average Bonchev–Trinajstić information content (AvgIpc) is 3.27. The maximum atomic E-state index is 9.56. The third-order valence-electron chi connectivity index (χ3n) is 7.76. The van der Waals surface area contributed by atoms with Crippen molar-refractivity contribution in [3.05, 3.63) is 64.2 Å². The maximum absolute atomic E-state index is 9.56. The summed E-state index contributed by atoms with van der Waals surface area (Å²) in [6, 6.07) is 11.6. The Balaban J connectivity index is 1.86. The van der Waals surface area contributed by atoms with Crippen molar-refractivity contribution in [2.24, 2.45) is 12.5 Å². The van der Waals surface area contributed by atoms with E-state index < -0.39 is 19.6 Å². The highest BCUT2D eigenvalue weighted by Crippen LogP contribution is 2.49. The van der Waals surface area contributed by atoms with Crippen LogP contribution in [0.5, 0.6) is 0 Å². The second kappa shape index (κ2) is 7.27. The van der Waals surface area contributed by atoms with Gasteiger partial charge in [-0.1, -0.05) is 44.2 Å². The van der Waals surface area contributed by atoms with Crippen LogP contribution in [-0.2, 0) is 7.05 Å². The van der Waals surface area contributed by atoms with E-state index in [0.717, 1.165) is 50.2 Å². The first-order valence-electron chi connectivity index (χ1n) is 15.3. The molecule has 1 fully saturated rings. The summed E-state index contributed by atoms with van der Waals surface area (Å²) in [5.74, 6) is -0.990. The molecule has 2 heterocycles. The molecular weight excluding hydrogens is 418 g/mol. The summed E-state index contributed by atoms with van der Waals surface area (Å²) < 4.78 is 63.4. The number of fused-ring (bicyclic) bond motifs is 8. The number of benzene rings is 3. The molecule has 0 atom stereocenters. The minimum absolute atomic E-state index is 0.129. The number of hydrogen-bond donors (Lipinski definition) is 0. The molecule has 0 N–H and O–H groups in total. The van der Waals surface area contributed by atoms with Crippen LogP contribution in [0.3, 0.4) is 0 Å². The first-order chi connectivity index (χ1) is 18.5. The number of hydrogen-bond acceptors (Lipinski definition) is 1. The van der Waals surface area contributed by atoms with Crippen molar-refractivity contribution in [3.8, 4) is 0 Å². The van der Waals surface area contributed by atoms with Gasteiger partial charge in [0.05, 0.1) is 10.8 Å². The Bertz CT molecular complexity index is 1830. The van der Waals surface area contributed by atoms with E-state index in [1.165, 1.54) is 11.3 Å². The largest absolute Gasteiger partial charge is 0.221 e. The normalized spacial score (nSPS) is 21.9. The summed E-state index contributed by atoms with van der Waals surface area (Å²) in [5.41, 5.74) is 2.52. The Morgan fingerprint density at radius 2 is 1.70 bits per heavy atom. The fourth-order valence-electron chi connectivity index (χ4n) is 5.75. The van der Waals surface area contributed by atoms with Crippen LogP contribution in [0, 0.1) is 26.0 Å². The number of thiophene rings is 1. The van der Waals surface area contributed by atoms with Gasteiger partial charge in [-0.15, -0.1) is 11.3 Å². The van der Waals surface area contributed by atoms with Gasteiger partial charge >= 0.3 is 0 Å². The highest BCUT2D eigenvalue weighted by atomic mass is 32.1. The van der Waals surface area contributed by atoms with Crippen LogP contribution in [0.1, 0.15) is 76.6 Å². The van der Waals surface area contributed by atoms with Gasteiger partial charge < -0.3 is 0 Å². The zero-order chi connectivity index (χ0) is 29.0. The van der Waals surface area contributed by atoms with E-state index in [1.807, 2.05) is 42.8 Å². The topological polar surface area (TPSA) is 3.88 Å². The Labute approximate surface area is 210 Å². The molecular formula is C31H34NS+. The molecule has 2 heteroatoms. The molecule has 1 saturated carbocycles. The predicted molar refractivity (Wildman–Crippen MR) is 145 cm³/mol. The lowest BCUT2D eigenvalue weighted by atomic mass is 9.72. The molecule has 0 radical (unpaired) electrons. The third kappa shape index (κ3) is 3.06. The molecule has 0 saturated heterocycles. The Morgan fingerprint density at radius 3 is 2.45 bits per heavy atom. The minimum atomic E-state index is -2.40. The molecule has 1 aliphatic carbocycles. The van der Waals surface area contributed by atoms with Gasteiger partial charge in [0.25, 0.3) is 0 Å². The van der Waals surface area contributed by atoms with Crippen LogP contribution < -0.4 is 4.57 Å². The van der Waals surface area contributed by atoms with Crippen LogP contribution in [0.25, 0.3) is 42.5 Å². The molecule has 6 rings (SSSR count).